The molecule has 0 radical (unpaired) electrons. The SMILES string of the molecule is CC[C@@H](CO)NS(=O)(=O)c1cc(C(=O)O)oc1C. The molecule has 1 heterocycles. The Morgan fingerprint density at radius 2 is 2.17 bits per heavy atom. The van der Waals surface area contributed by atoms with Gasteiger partial charge in [0.1, 0.15) is 10.7 Å². The molecule has 0 aromatic carbocycles. The topological polar surface area (TPSA) is 117 Å². The molecular formula is C10H15NO6S. The van der Waals surface area contributed by atoms with Crippen molar-refractivity contribution in [2.24, 2.45) is 0 Å². The number of furan rings is 1. The maximum atomic E-state index is 11.9. The molecule has 0 aliphatic rings. The van der Waals surface area contributed by atoms with Crippen LogP contribution < -0.4 is 4.72 Å². The number of aliphatic hydroxyl groups is 1. The average molecular weight is 277 g/mol. The number of rotatable bonds is 6. The fourth-order valence-corrected chi connectivity index (χ4v) is 2.86. The van der Waals surface area contributed by atoms with Crippen LogP contribution >= 0.6 is 0 Å². The summed E-state index contributed by atoms with van der Waals surface area (Å²) in [6.45, 7) is 2.74. The van der Waals surface area contributed by atoms with Crippen LogP contribution in [-0.2, 0) is 10.0 Å². The quantitative estimate of drug-likeness (QED) is 0.690. The van der Waals surface area contributed by atoms with Crippen LogP contribution in [0, 0.1) is 6.92 Å². The first kappa shape index (κ1) is 14.7. The van der Waals surface area contributed by atoms with Gasteiger partial charge < -0.3 is 14.6 Å². The van der Waals surface area contributed by atoms with Gasteiger partial charge in [0.15, 0.2) is 0 Å². The zero-order valence-corrected chi connectivity index (χ0v) is 10.8. The highest BCUT2D eigenvalue weighted by Gasteiger charge is 2.25. The van der Waals surface area contributed by atoms with Crippen LogP contribution in [0.15, 0.2) is 15.4 Å². The van der Waals surface area contributed by atoms with Crippen LogP contribution in [-0.4, -0.2) is 37.2 Å². The van der Waals surface area contributed by atoms with Gasteiger partial charge in [-0.05, 0) is 13.3 Å². The van der Waals surface area contributed by atoms with Gasteiger partial charge in [0, 0.05) is 12.1 Å². The van der Waals surface area contributed by atoms with Crippen molar-refractivity contribution in [1.82, 2.24) is 4.72 Å². The van der Waals surface area contributed by atoms with E-state index in [1.807, 2.05) is 0 Å². The Kier molecular flexibility index (Phi) is 4.49. The molecule has 0 bridgehead atoms. The number of aryl methyl sites for hydroxylation is 1. The van der Waals surface area contributed by atoms with Crippen molar-refractivity contribution >= 4 is 16.0 Å². The number of hydrogen-bond donors (Lipinski definition) is 3. The first-order valence-corrected chi connectivity index (χ1v) is 6.77. The van der Waals surface area contributed by atoms with Crippen molar-refractivity contribution in [1.29, 1.82) is 0 Å². The molecule has 0 fully saturated rings. The van der Waals surface area contributed by atoms with Crippen molar-refractivity contribution in [2.45, 2.75) is 31.2 Å². The maximum absolute atomic E-state index is 11.9. The molecule has 0 saturated heterocycles. The smallest absolute Gasteiger partial charge is 0.371 e. The van der Waals surface area contributed by atoms with E-state index in [4.69, 9.17) is 14.6 Å². The van der Waals surface area contributed by atoms with Gasteiger partial charge in [0.2, 0.25) is 15.8 Å². The molecule has 1 atom stereocenters. The van der Waals surface area contributed by atoms with E-state index in [1.54, 1.807) is 6.92 Å². The van der Waals surface area contributed by atoms with Gasteiger partial charge in [-0.2, -0.15) is 0 Å². The fourth-order valence-electron chi connectivity index (χ4n) is 1.37. The lowest BCUT2D eigenvalue weighted by atomic mass is 10.3. The third-order valence-corrected chi connectivity index (χ3v) is 4.04. The minimum absolute atomic E-state index is 0.00677. The van der Waals surface area contributed by atoms with E-state index < -0.39 is 27.8 Å². The lowest BCUT2D eigenvalue weighted by Gasteiger charge is -2.13. The van der Waals surface area contributed by atoms with Crippen LogP contribution in [0.5, 0.6) is 0 Å². The summed E-state index contributed by atoms with van der Waals surface area (Å²) in [4.78, 5) is 10.4. The van der Waals surface area contributed by atoms with Crippen molar-refractivity contribution in [3.05, 3.63) is 17.6 Å². The second-order valence-corrected chi connectivity index (χ2v) is 5.43. The number of carboxylic acids is 1. The number of hydrogen-bond acceptors (Lipinski definition) is 5. The minimum atomic E-state index is -3.89. The van der Waals surface area contributed by atoms with E-state index in [-0.39, 0.29) is 17.3 Å². The van der Waals surface area contributed by atoms with E-state index in [2.05, 4.69) is 4.72 Å². The molecule has 1 rings (SSSR count). The third-order valence-electron chi connectivity index (χ3n) is 2.41. The highest BCUT2D eigenvalue weighted by molar-refractivity contribution is 7.89. The van der Waals surface area contributed by atoms with E-state index in [1.165, 1.54) is 6.92 Å². The normalized spacial score (nSPS) is 13.5. The largest absolute Gasteiger partial charge is 0.475 e. The Balaban J connectivity index is 3.09. The van der Waals surface area contributed by atoms with Gasteiger partial charge in [-0.25, -0.2) is 17.9 Å². The van der Waals surface area contributed by atoms with Crippen molar-refractivity contribution in [2.75, 3.05) is 6.61 Å². The van der Waals surface area contributed by atoms with Gasteiger partial charge in [0.05, 0.1) is 6.61 Å². The lowest BCUT2D eigenvalue weighted by molar-refractivity contribution is 0.0661. The van der Waals surface area contributed by atoms with Crippen LogP contribution in [0.25, 0.3) is 0 Å². The standard InChI is InChI=1S/C10H15NO6S/c1-3-7(5-12)11-18(15,16)9-4-8(10(13)14)17-6(9)2/h4,7,11-12H,3,5H2,1-2H3,(H,13,14)/t7-/m0/s1. The Morgan fingerprint density at radius 1 is 1.56 bits per heavy atom. The molecule has 0 spiro atoms. The van der Waals surface area contributed by atoms with Crippen LogP contribution in [0.1, 0.15) is 29.7 Å². The fraction of sp³-hybridized carbons (Fsp3) is 0.500. The zero-order valence-electron chi connectivity index (χ0n) is 10.0. The Bertz CT molecular complexity index is 529. The molecule has 3 N–H and O–H groups in total. The molecule has 0 unspecified atom stereocenters. The molecule has 1 aromatic rings. The van der Waals surface area contributed by atoms with Gasteiger partial charge in [0.25, 0.3) is 0 Å². The number of aliphatic hydroxyl groups excluding tert-OH is 1. The summed E-state index contributed by atoms with van der Waals surface area (Å²) in [6.07, 6.45) is 0.415. The summed E-state index contributed by atoms with van der Waals surface area (Å²) < 4.78 is 31.0. The average Bonchev–Trinajstić information content (AvgIpc) is 2.69. The first-order chi connectivity index (χ1) is 8.31. The summed E-state index contributed by atoms with van der Waals surface area (Å²) in [5.74, 6) is -1.79. The highest BCUT2D eigenvalue weighted by Crippen LogP contribution is 2.20. The molecule has 102 valence electrons. The first-order valence-electron chi connectivity index (χ1n) is 5.28. The van der Waals surface area contributed by atoms with Crippen LogP contribution in [0.3, 0.4) is 0 Å². The maximum Gasteiger partial charge on any atom is 0.371 e. The molecule has 0 saturated carbocycles. The van der Waals surface area contributed by atoms with Gasteiger partial charge >= 0.3 is 5.97 Å². The second-order valence-electron chi connectivity index (χ2n) is 3.75. The number of carbonyl (C=O) groups is 1. The van der Waals surface area contributed by atoms with E-state index >= 15 is 0 Å². The second kappa shape index (κ2) is 5.51. The molecule has 1 aromatic heterocycles. The van der Waals surface area contributed by atoms with Gasteiger partial charge in [-0.15, -0.1) is 0 Å². The third kappa shape index (κ3) is 3.09. The van der Waals surface area contributed by atoms with Crippen molar-refractivity contribution < 1.29 is 27.8 Å². The van der Waals surface area contributed by atoms with Gasteiger partial charge in [-0.3, -0.25) is 0 Å². The number of nitrogens with one attached hydrogen (secondary N) is 1. The highest BCUT2D eigenvalue weighted by atomic mass is 32.2. The Morgan fingerprint density at radius 3 is 2.56 bits per heavy atom. The van der Waals surface area contributed by atoms with Crippen molar-refractivity contribution in [3.63, 3.8) is 0 Å². The van der Waals surface area contributed by atoms with Crippen molar-refractivity contribution in [3.8, 4) is 0 Å². The summed E-state index contributed by atoms with van der Waals surface area (Å²) in [7, 11) is -3.89. The summed E-state index contributed by atoms with van der Waals surface area (Å²) in [6, 6.07) is 0.335. The minimum Gasteiger partial charge on any atom is -0.475 e. The Labute approximate surface area is 104 Å². The predicted octanol–water partition coefficient (Wildman–Crippen LogP) is 0.335. The molecular weight excluding hydrogens is 262 g/mol. The Hall–Kier alpha value is -1.38. The zero-order chi connectivity index (χ0) is 13.9. The van der Waals surface area contributed by atoms with E-state index in [0.717, 1.165) is 6.07 Å². The number of sulfonamides is 1. The molecule has 0 amide bonds. The molecule has 18 heavy (non-hydrogen) atoms. The summed E-state index contributed by atoms with van der Waals surface area (Å²) in [5.41, 5.74) is 0. The number of aromatic carboxylic acids is 1. The van der Waals surface area contributed by atoms with Crippen LogP contribution in [0.2, 0.25) is 0 Å². The number of carboxylic acid groups (broad SMARTS) is 1. The molecule has 0 aliphatic carbocycles. The van der Waals surface area contributed by atoms with Gasteiger partial charge in [-0.1, -0.05) is 6.92 Å². The molecule has 0 aliphatic heterocycles. The summed E-state index contributed by atoms with van der Waals surface area (Å²) >= 11 is 0. The molecule has 8 heteroatoms. The van der Waals surface area contributed by atoms with E-state index in [0.29, 0.717) is 6.42 Å². The summed E-state index contributed by atoms with van der Waals surface area (Å²) in [5, 5.41) is 17.7. The van der Waals surface area contributed by atoms with E-state index in [9.17, 15) is 13.2 Å². The molecule has 7 nitrogen and oxygen atoms in total. The van der Waals surface area contributed by atoms with Crippen LogP contribution in [0.4, 0.5) is 0 Å². The predicted molar refractivity (Wildman–Crippen MR) is 61.9 cm³/mol. The monoisotopic (exact) mass is 277 g/mol. The lowest BCUT2D eigenvalue weighted by Crippen LogP contribution is -2.37.